The Morgan fingerprint density at radius 2 is 1.28 bits per heavy atom. The number of fused-ring (bicyclic) bond motifs is 1. The summed E-state index contributed by atoms with van der Waals surface area (Å²) >= 11 is 0. The molecule has 8 rings (SSSR count). The van der Waals surface area contributed by atoms with Crippen molar-refractivity contribution in [2.45, 2.75) is 89.8 Å². The zero-order valence-electron chi connectivity index (χ0n) is 43.8. The zero-order chi connectivity index (χ0) is 53.3. The molecule has 4 atom stereocenters. The Labute approximate surface area is 439 Å². The molecule has 1 aliphatic rings. The van der Waals surface area contributed by atoms with Crippen LogP contribution in [0.25, 0.3) is 11.2 Å². The van der Waals surface area contributed by atoms with Crippen molar-refractivity contribution in [2.24, 2.45) is 0 Å². The van der Waals surface area contributed by atoms with Gasteiger partial charge in [0.1, 0.15) is 41.5 Å². The molecular formula is C57H66N7O10P. The van der Waals surface area contributed by atoms with Gasteiger partial charge >= 0.3 is 0 Å². The molecule has 1 unspecified atom stereocenters. The monoisotopic (exact) mass is 1040 g/mol. The van der Waals surface area contributed by atoms with Gasteiger partial charge in [-0.15, -0.1) is 0 Å². The van der Waals surface area contributed by atoms with E-state index in [2.05, 4.69) is 20.0 Å². The number of imidazole rings is 1. The van der Waals surface area contributed by atoms with E-state index < -0.39 is 32.2 Å². The van der Waals surface area contributed by atoms with Crippen LogP contribution in [-0.4, -0.2) is 112 Å². The standard InChI is InChI=1S/C57H66N7O10P/c1-38(2)63(55(66)42-16-12-10-13-17-42)53-51-52(59-36-60-53)62(37-61-51)50-34-56(67,74-75(64(39(3)4)40(5)6)72-33-32-58-54(65)41-20-26-46(68-7)27-21-41)49(73-50)35-71-57(43-18-14-11-15-19-43,44-22-28-47(69-8)29-23-44)45-24-30-48(70-9)31-25-45/h10-31,36-40,49-50,67H,32-35H2,1-9H3,(H,58,65)/t49-,50-,56+,75?/m1/s1. The summed E-state index contributed by atoms with van der Waals surface area (Å²) in [5.74, 6) is -0.342. The topological polar surface area (TPSA) is 181 Å². The molecule has 0 spiro atoms. The number of anilines is 1. The van der Waals surface area contributed by atoms with Crippen molar-refractivity contribution in [2.75, 3.05) is 46.0 Å². The number of rotatable bonds is 23. The highest BCUT2D eigenvalue weighted by molar-refractivity contribution is 7.44. The number of benzene rings is 5. The second-order valence-corrected chi connectivity index (χ2v) is 20.2. The molecule has 18 heteroatoms. The number of methoxy groups -OCH3 is 3. The predicted octanol–water partition coefficient (Wildman–Crippen LogP) is 9.70. The van der Waals surface area contributed by atoms with Crippen molar-refractivity contribution >= 4 is 37.3 Å². The fraction of sp³-hybridized carbons (Fsp3) is 0.351. The van der Waals surface area contributed by atoms with Crippen LogP contribution in [0.4, 0.5) is 5.82 Å². The number of nitrogens with zero attached hydrogens (tertiary/aromatic N) is 6. The Morgan fingerprint density at radius 1 is 0.733 bits per heavy atom. The highest BCUT2D eigenvalue weighted by Gasteiger charge is 2.54. The fourth-order valence-corrected chi connectivity index (χ4v) is 11.1. The van der Waals surface area contributed by atoms with E-state index in [1.165, 1.54) is 6.33 Å². The van der Waals surface area contributed by atoms with Crippen molar-refractivity contribution < 1.29 is 47.4 Å². The molecule has 0 radical (unpaired) electrons. The molecule has 2 aromatic heterocycles. The van der Waals surface area contributed by atoms with E-state index in [4.69, 9.17) is 37.7 Å². The molecule has 5 aromatic carbocycles. The Bertz CT molecular complexity index is 2910. The number of amides is 2. The van der Waals surface area contributed by atoms with Gasteiger partial charge in [0.25, 0.3) is 20.3 Å². The molecular weight excluding hydrogens is 974 g/mol. The molecule has 3 heterocycles. The van der Waals surface area contributed by atoms with E-state index >= 15 is 0 Å². The smallest absolute Gasteiger partial charge is 0.262 e. The zero-order valence-corrected chi connectivity index (χ0v) is 44.7. The van der Waals surface area contributed by atoms with Crippen LogP contribution >= 0.6 is 8.53 Å². The highest BCUT2D eigenvalue weighted by atomic mass is 31.2. The van der Waals surface area contributed by atoms with Gasteiger partial charge in [-0.1, -0.05) is 72.8 Å². The summed E-state index contributed by atoms with van der Waals surface area (Å²) in [6.45, 7) is 11.9. The molecule has 0 bridgehead atoms. The normalized spacial score (nSPS) is 17.2. The third kappa shape index (κ3) is 11.9. The number of carbonyl (C=O) groups excluding carboxylic acids is 2. The van der Waals surface area contributed by atoms with E-state index in [1.54, 1.807) is 73.5 Å². The van der Waals surface area contributed by atoms with Gasteiger partial charge < -0.3 is 38.6 Å². The highest BCUT2D eigenvalue weighted by Crippen LogP contribution is 2.54. The second kappa shape index (κ2) is 24.2. The lowest BCUT2D eigenvalue weighted by Crippen LogP contribution is -2.47. The van der Waals surface area contributed by atoms with Gasteiger partial charge in [-0.25, -0.2) is 19.6 Å². The third-order valence-corrected chi connectivity index (χ3v) is 15.2. The summed E-state index contributed by atoms with van der Waals surface area (Å²) in [4.78, 5) is 43.0. The van der Waals surface area contributed by atoms with Crippen LogP contribution in [0.15, 0.2) is 146 Å². The Hall–Kier alpha value is -6.82. The molecule has 7 aromatic rings. The van der Waals surface area contributed by atoms with Crippen LogP contribution < -0.4 is 24.4 Å². The Kier molecular flexibility index (Phi) is 17.6. The first-order valence-corrected chi connectivity index (χ1v) is 26.1. The van der Waals surface area contributed by atoms with Crippen molar-refractivity contribution in [3.63, 3.8) is 0 Å². The van der Waals surface area contributed by atoms with Crippen molar-refractivity contribution in [3.8, 4) is 17.2 Å². The van der Waals surface area contributed by atoms with Crippen LogP contribution in [0.5, 0.6) is 17.2 Å². The molecule has 2 N–H and O–H groups in total. The van der Waals surface area contributed by atoms with E-state index in [9.17, 15) is 14.7 Å². The average Bonchev–Trinajstić information content (AvgIpc) is 4.01. The molecule has 394 valence electrons. The lowest BCUT2D eigenvalue weighted by Gasteiger charge is -2.41. The maximum Gasteiger partial charge on any atom is 0.262 e. The van der Waals surface area contributed by atoms with Gasteiger partial charge in [0.2, 0.25) is 5.79 Å². The summed E-state index contributed by atoms with van der Waals surface area (Å²) in [6, 6.07) is 40.5. The van der Waals surface area contributed by atoms with E-state index in [0.717, 1.165) is 16.7 Å². The van der Waals surface area contributed by atoms with Crippen LogP contribution in [0.1, 0.15) is 91.6 Å². The summed E-state index contributed by atoms with van der Waals surface area (Å²) in [6.07, 6.45) is 0.715. The molecule has 1 saturated heterocycles. The lowest BCUT2D eigenvalue weighted by molar-refractivity contribution is -0.201. The van der Waals surface area contributed by atoms with Gasteiger partial charge in [-0.2, -0.15) is 0 Å². The van der Waals surface area contributed by atoms with Crippen LogP contribution in [0, 0.1) is 0 Å². The number of carbonyl (C=O) groups is 2. The summed E-state index contributed by atoms with van der Waals surface area (Å²) in [7, 11) is 2.74. The lowest BCUT2D eigenvalue weighted by atomic mass is 9.80. The summed E-state index contributed by atoms with van der Waals surface area (Å²) < 4.78 is 48.3. The molecule has 0 aliphatic carbocycles. The number of hydrogen-bond donors (Lipinski definition) is 2. The van der Waals surface area contributed by atoms with Crippen LogP contribution in [0.3, 0.4) is 0 Å². The van der Waals surface area contributed by atoms with Gasteiger partial charge in [-0.3, -0.25) is 23.6 Å². The molecule has 17 nitrogen and oxygen atoms in total. The van der Waals surface area contributed by atoms with Gasteiger partial charge in [0.15, 0.2) is 17.0 Å². The first kappa shape index (κ1) is 54.4. The van der Waals surface area contributed by atoms with E-state index in [1.807, 2.05) is 139 Å². The van der Waals surface area contributed by atoms with E-state index in [-0.39, 0.29) is 56.1 Å². The van der Waals surface area contributed by atoms with Crippen LogP contribution in [-0.2, 0) is 24.1 Å². The first-order valence-electron chi connectivity index (χ1n) is 25.0. The maximum atomic E-state index is 14.1. The molecule has 75 heavy (non-hydrogen) atoms. The number of nitrogens with one attached hydrogen (secondary N) is 1. The van der Waals surface area contributed by atoms with Crippen molar-refractivity contribution in [3.05, 3.63) is 174 Å². The quantitative estimate of drug-likeness (QED) is 0.0267. The largest absolute Gasteiger partial charge is 0.497 e. The van der Waals surface area contributed by atoms with Gasteiger partial charge in [0.05, 0.1) is 47.3 Å². The first-order chi connectivity index (χ1) is 36.2. The molecule has 0 saturated carbocycles. The molecule has 1 fully saturated rings. The number of hydrogen-bond acceptors (Lipinski definition) is 14. The van der Waals surface area contributed by atoms with Gasteiger partial charge in [-0.05, 0) is 119 Å². The SMILES string of the molecule is COc1ccc(C(=O)NCCOP(O[C@@]2(O)C[C@H](n3cnc4c(N(C(=O)c5ccccc5)C(C)C)ncnc43)O[C@@H]2COC(c2ccccc2)(c2ccc(OC)cc2)c2ccc(OC)cc2)N(C(C)C)C(C)C)cc1. The Morgan fingerprint density at radius 3 is 1.83 bits per heavy atom. The van der Waals surface area contributed by atoms with Crippen molar-refractivity contribution in [1.29, 1.82) is 0 Å². The Balaban J connectivity index is 1.19. The number of ether oxygens (including phenoxy) is 5. The minimum atomic E-state index is -2.09. The van der Waals surface area contributed by atoms with Crippen molar-refractivity contribution in [1.82, 2.24) is 29.5 Å². The fourth-order valence-electron chi connectivity index (χ4n) is 9.33. The average molecular weight is 1040 g/mol. The number of aliphatic hydroxyl groups is 1. The minimum Gasteiger partial charge on any atom is -0.497 e. The second-order valence-electron chi connectivity index (χ2n) is 18.8. The van der Waals surface area contributed by atoms with Crippen LogP contribution in [0.2, 0.25) is 0 Å². The maximum absolute atomic E-state index is 14.1. The van der Waals surface area contributed by atoms with Gasteiger partial charge in [0, 0.05) is 35.8 Å². The minimum absolute atomic E-state index is 0.0526. The summed E-state index contributed by atoms with van der Waals surface area (Å²) in [5, 5.41) is 16.4. The van der Waals surface area contributed by atoms with E-state index in [0.29, 0.717) is 45.4 Å². The molecule has 2 amide bonds. The predicted molar refractivity (Wildman–Crippen MR) is 287 cm³/mol. The number of aromatic nitrogens is 4. The summed E-state index contributed by atoms with van der Waals surface area (Å²) in [5.41, 5.74) is 2.75. The third-order valence-electron chi connectivity index (χ3n) is 13.0. The molecule has 1 aliphatic heterocycles.